The SMILES string of the molecule is O=C(O)[C@H]1NC2C3C1[C@@H]23. The van der Waals surface area contributed by atoms with Gasteiger partial charge in [-0.25, -0.2) is 0 Å². The van der Waals surface area contributed by atoms with E-state index in [9.17, 15) is 4.79 Å². The fourth-order valence-electron chi connectivity index (χ4n) is 2.30. The van der Waals surface area contributed by atoms with Gasteiger partial charge in [-0.15, -0.1) is 0 Å². The molecule has 2 saturated carbocycles. The molecule has 3 unspecified atom stereocenters. The third kappa shape index (κ3) is 0.291. The van der Waals surface area contributed by atoms with Crippen molar-refractivity contribution in [2.75, 3.05) is 0 Å². The number of nitrogens with one attached hydrogen (secondary N) is 1. The van der Waals surface area contributed by atoms with E-state index >= 15 is 0 Å². The Morgan fingerprint density at radius 2 is 2.00 bits per heavy atom. The lowest BCUT2D eigenvalue weighted by atomic mass is 10.1. The van der Waals surface area contributed by atoms with Crippen molar-refractivity contribution in [3.63, 3.8) is 0 Å². The van der Waals surface area contributed by atoms with Gasteiger partial charge in [0.2, 0.25) is 0 Å². The predicted molar refractivity (Wildman–Crippen MR) is 28.8 cm³/mol. The number of fused-ring (bicyclic) bond motifs is 1. The maximum Gasteiger partial charge on any atom is 0.321 e. The van der Waals surface area contributed by atoms with E-state index in [1.807, 2.05) is 0 Å². The van der Waals surface area contributed by atoms with Crippen LogP contribution in [0.25, 0.3) is 0 Å². The fraction of sp³-hybridized carbons (Fsp3) is 0.833. The smallest absolute Gasteiger partial charge is 0.321 e. The number of rotatable bonds is 1. The van der Waals surface area contributed by atoms with Crippen molar-refractivity contribution in [2.45, 2.75) is 12.1 Å². The molecule has 4 aliphatic rings. The lowest BCUT2D eigenvalue weighted by Gasteiger charge is -1.99. The van der Waals surface area contributed by atoms with Crippen LogP contribution in [-0.4, -0.2) is 23.2 Å². The Labute approximate surface area is 52.1 Å². The van der Waals surface area contributed by atoms with E-state index in [-0.39, 0.29) is 6.04 Å². The summed E-state index contributed by atoms with van der Waals surface area (Å²) in [5.41, 5.74) is 0. The Balaban J connectivity index is 1.89. The van der Waals surface area contributed by atoms with Crippen LogP contribution in [-0.2, 0) is 4.79 Å². The molecular weight excluding hydrogens is 118 g/mol. The number of aliphatic carboxylic acids is 1. The van der Waals surface area contributed by atoms with Crippen LogP contribution in [0.5, 0.6) is 0 Å². The first-order valence-electron chi connectivity index (χ1n) is 3.29. The summed E-state index contributed by atoms with van der Waals surface area (Å²) in [5.74, 6) is 1.40. The zero-order valence-electron chi connectivity index (χ0n) is 4.74. The molecule has 2 N–H and O–H groups in total. The van der Waals surface area contributed by atoms with Crippen molar-refractivity contribution in [3.05, 3.63) is 0 Å². The Morgan fingerprint density at radius 3 is 2.22 bits per heavy atom. The van der Waals surface area contributed by atoms with Crippen LogP contribution >= 0.6 is 0 Å². The molecule has 0 amide bonds. The summed E-state index contributed by atoms with van der Waals surface area (Å²) in [5, 5.41) is 11.6. The first-order valence-corrected chi connectivity index (χ1v) is 3.29. The van der Waals surface area contributed by atoms with E-state index < -0.39 is 5.97 Å². The topological polar surface area (TPSA) is 49.3 Å². The number of hydrogen-bond acceptors (Lipinski definition) is 2. The molecule has 0 aromatic rings. The first-order chi connectivity index (χ1) is 4.30. The monoisotopic (exact) mass is 125 g/mol. The number of hydrogen-bond donors (Lipinski definition) is 2. The molecule has 2 bridgehead atoms. The van der Waals surface area contributed by atoms with Gasteiger partial charge in [-0.05, 0) is 17.8 Å². The maximum atomic E-state index is 10.4. The highest BCUT2D eigenvalue weighted by atomic mass is 16.4. The molecule has 2 aliphatic carbocycles. The fourth-order valence-corrected chi connectivity index (χ4v) is 2.30. The average molecular weight is 125 g/mol. The Bertz CT molecular complexity index is 186. The van der Waals surface area contributed by atoms with Gasteiger partial charge in [0, 0.05) is 6.04 Å². The predicted octanol–water partition coefficient (Wildman–Crippen LogP) is -0.713. The Morgan fingerprint density at radius 1 is 1.33 bits per heavy atom. The largest absolute Gasteiger partial charge is 0.480 e. The maximum absolute atomic E-state index is 10.4. The van der Waals surface area contributed by atoms with Crippen LogP contribution in [0.3, 0.4) is 0 Å². The van der Waals surface area contributed by atoms with Crippen LogP contribution in [0, 0.1) is 17.8 Å². The molecule has 48 valence electrons. The first kappa shape index (κ1) is 4.28. The third-order valence-corrected chi connectivity index (χ3v) is 2.90. The molecule has 2 saturated heterocycles. The summed E-state index contributed by atoms with van der Waals surface area (Å²) in [7, 11) is 0. The summed E-state index contributed by atoms with van der Waals surface area (Å²) >= 11 is 0. The highest BCUT2D eigenvalue weighted by Crippen LogP contribution is 2.73. The van der Waals surface area contributed by atoms with Crippen LogP contribution in [0.15, 0.2) is 0 Å². The average Bonchev–Trinajstić information content (AvgIpc) is 2.57. The molecule has 2 heterocycles. The number of carboxylic acid groups (broad SMARTS) is 1. The lowest BCUT2D eigenvalue weighted by molar-refractivity contribution is -0.139. The van der Waals surface area contributed by atoms with Crippen molar-refractivity contribution >= 4 is 5.97 Å². The number of piperidine rings is 1. The zero-order chi connectivity index (χ0) is 6.17. The quantitative estimate of drug-likeness (QED) is 0.486. The molecule has 3 nitrogen and oxygen atoms in total. The van der Waals surface area contributed by atoms with Crippen molar-refractivity contribution < 1.29 is 9.90 Å². The Hall–Kier alpha value is -0.570. The van der Waals surface area contributed by atoms with Gasteiger partial charge in [0.05, 0.1) is 0 Å². The van der Waals surface area contributed by atoms with E-state index in [1.54, 1.807) is 0 Å². The molecule has 2 aliphatic heterocycles. The van der Waals surface area contributed by atoms with Crippen molar-refractivity contribution in [3.8, 4) is 0 Å². The molecule has 0 radical (unpaired) electrons. The minimum absolute atomic E-state index is 0.190. The molecular formula is C6H7NO2. The van der Waals surface area contributed by atoms with Gasteiger partial charge in [0.15, 0.2) is 0 Å². The minimum Gasteiger partial charge on any atom is -0.480 e. The summed E-state index contributed by atoms with van der Waals surface area (Å²) in [6, 6.07) is 0.418. The van der Waals surface area contributed by atoms with E-state index in [2.05, 4.69) is 5.32 Å². The Kier molecular flexibility index (Phi) is 0.430. The van der Waals surface area contributed by atoms with Gasteiger partial charge in [-0.1, -0.05) is 0 Å². The third-order valence-electron chi connectivity index (χ3n) is 2.90. The van der Waals surface area contributed by atoms with Gasteiger partial charge in [-0.2, -0.15) is 0 Å². The minimum atomic E-state index is -0.660. The van der Waals surface area contributed by atoms with Gasteiger partial charge in [-0.3, -0.25) is 4.79 Å². The van der Waals surface area contributed by atoms with Crippen LogP contribution in [0.4, 0.5) is 0 Å². The molecule has 4 rings (SSSR count). The van der Waals surface area contributed by atoms with Crippen LogP contribution < -0.4 is 5.32 Å². The number of carbonyl (C=O) groups is 1. The van der Waals surface area contributed by atoms with E-state index in [1.165, 1.54) is 0 Å². The second-order valence-electron chi connectivity index (χ2n) is 3.24. The second-order valence-corrected chi connectivity index (χ2v) is 3.24. The molecule has 3 heteroatoms. The van der Waals surface area contributed by atoms with Crippen molar-refractivity contribution in [1.82, 2.24) is 5.32 Å². The standard InChI is InChI=1S/C6H7NO2/c8-6(9)5-3-1-2(3)4(1)7-5/h1-5,7H,(H,8,9)/t1-,2?,3?,4?,5-/m0/s1. The lowest BCUT2D eigenvalue weighted by Crippen LogP contribution is -2.30. The highest BCUT2D eigenvalue weighted by molar-refractivity contribution is 5.77. The van der Waals surface area contributed by atoms with Gasteiger partial charge < -0.3 is 10.4 Å². The molecule has 0 spiro atoms. The van der Waals surface area contributed by atoms with Gasteiger partial charge in [0.25, 0.3) is 0 Å². The van der Waals surface area contributed by atoms with E-state index in [0.29, 0.717) is 12.0 Å². The van der Waals surface area contributed by atoms with E-state index in [0.717, 1.165) is 11.8 Å². The molecule has 0 aromatic carbocycles. The number of carboxylic acids is 1. The summed E-state index contributed by atoms with van der Waals surface area (Å²) in [6.45, 7) is 0. The summed E-state index contributed by atoms with van der Waals surface area (Å²) in [6.07, 6.45) is 0. The summed E-state index contributed by atoms with van der Waals surface area (Å²) in [4.78, 5) is 10.4. The molecule has 0 aromatic heterocycles. The van der Waals surface area contributed by atoms with Gasteiger partial charge in [0.1, 0.15) is 6.04 Å². The van der Waals surface area contributed by atoms with Crippen molar-refractivity contribution in [2.24, 2.45) is 17.8 Å². The molecule has 5 atom stereocenters. The van der Waals surface area contributed by atoms with Crippen LogP contribution in [0.1, 0.15) is 0 Å². The second kappa shape index (κ2) is 0.904. The zero-order valence-corrected chi connectivity index (χ0v) is 4.74. The molecule has 4 fully saturated rings. The normalized spacial score (nSPS) is 65.1. The highest BCUT2D eigenvalue weighted by Gasteiger charge is 2.82. The van der Waals surface area contributed by atoms with E-state index in [4.69, 9.17) is 5.11 Å². The molecule has 9 heavy (non-hydrogen) atoms. The summed E-state index contributed by atoms with van der Waals surface area (Å²) < 4.78 is 0. The van der Waals surface area contributed by atoms with Crippen LogP contribution in [0.2, 0.25) is 0 Å². The van der Waals surface area contributed by atoms with Gasteiger partial charge >= 0.3 is 5.97 Å². The van der Waals surface area contributed by atoms with Crippen molar-refractivity contribution in [1.29, 1.82) is 0 Å².